The van der Waals surface area contributed by atoms with Gasteiger partial charge in [-0.1, -0.05) is 11.6 Å². The quantitative estimate of drug-likeness (QED) is 0.819. The lowest BCUT2D eigenvalue weighted by molar-refractivity contribution is 0.0756. The predicted molar refractivity (Wildman–Crippen MR) is 95.2 cm³/mol. The summed E-state index contributed by atoms with van der Waals surface area (Å²) in [4.78, 5) is 16.7. The lowest BCUT2D eigenvalue weighted by Gasteiger charge is -2.22. The molecule has 2 aromatic rings. The van der Waals surface area contributed by atoms with Crippen LogP contribution in [-0.4, -0.2) is 58.2 Å². The van der Waals surface area contributed by atoms with Crippen molar-refractivity contribution < 1.29 is 9.18 Å². The molecule has 0 spiro atoms. The second kappa shape index (κ2) is 8.45. The van der Waals surface area contributed by atoms with Crippen molar-refractivity contribution in [1.82, 2.24) is 19.6 Å². The molecular formula is C18H22ClFN4O. The van der Waals surface area contributed by atoms with Crippen LogP contribution in [0, 0.1) is 5.82 Å². The van der Waals surface area contributed by atoms with Crippen LogP contribution in [0.4, 0.5) is 4.39 Å². The molecule has 2 heterocycles. The minimum atomic E-state index is -0.519. The van der Waals surface area contributed by atoms with E-state index in [1.54, 1.807) is 11.1 Å². The third kappa shape index (κ3) is 4.80. The zero-order valence-electron chi connectivity index (χ0n) is 14.1. The van der Waals surface area contributed by atoms with E-state index in [1.165, 1.54) is 18.2 Å². The van der Waals surface area contributed by atoms with Gasteiger partial charge in [0, 0.05) is 43.6 Å². The van der Waals surface area contributed by atoms with E-state index < -0.39 is 5.82 Å². The van der Waals surface area contributed by atoms with E-state index >= 15 is 0 Å². The van der Waals surface area contributed by atoms with Crippen LogP contribution in [0.1, 0.15) is 23.2 Å². The SMILES string of the molecule is O=C(c1cc(Cl)ccc1F)N1CCCN(CCCn2cccn2)CC1. The van der Waals surface area contributed by atoms with Gasteiger partial charge in [0.25, 0.3) is 5.91 Å². The van der Waals surface area contributed by atoms with Gasteiger partial charge in [0.15, 0.2) is 0 Å². The number of hydrogen-bond donors (Lipinski definition) is 0. The van der Waals surface area contributed by atoms with Crippen molar-refractivity contribution in [1.29, 1.82) is 0 Å². The molecule has 3 rings (SSSR count). The molecule has 0 atom stereocenters. The zero-order chi connectivity index (χ0) is 17.6. The van der Waals surface area contributed by atoms with Gasteiger partial charge in [0.2, 0.25) is 0 Å². The number of aromatic nitrogens is 2. The molecule has 0 aliphatic carbocycles. The molecule has 1 amide bonds. The number of carbonyl (C=O) groups is 1. The van der Waals surface area contributed by atoms with E-state index in [2.05, 4.69) is 10.00 Å². The number of carbonyl (C=O) groups excluding carboxylic acids is 1. The summed E-state index contributed by atoms with van der Waals surface area (Å²) in [5, 5.41) is 4.58. The first-order chi connectivity index (χ1) is 12.1. The molecule has 25 heavy (non-hydrogen) atoms. The predicted octanol–water partition coefficient (Wildman–Crippen LogP) is 2.91. The van der Waals surface area contributed by atoms with Gasteiger partial charge < -0.3 is 9.80 Å². The van der Waals surface area contributed by atoms with Crippen LogP contribution in [0.2, 0.25) is 5.02 Å². The molecule has 5 nitrogen and oxygen atoms in total. The Morgan fingerprint density at radius 3 is 2.88 bits per heavy atom. The van der Waals surface area contributed by atoms with E-state index in [0.29, 0.717) is 18.1 Å². The molecule has 0 radical (unpaired) electrons. The van der Waals surface area contributed by atoms with Crippen molar-refractivity contribution in [2.45, 2.75) is 19.4 Å². The summed E-state index contributed by atoms with van der Waals surface area (Å²) in [7, 11) is 0. The number of amides is 1. The molecular weight excluding hydrogens is 343 g/mol. The number of benzene rings is 1. The van der Waals surface area contributed by atoms with Gasteiger partial charge in [-0.05, 0) is 50.2 Å². The highest BCUT2D eigenvalue weighted by molar-refractivity contribution is 6.31. The maximum Gasteiger partial charge on any atom is 0.256 e. The van der Waals surface area contributed by atoms with Crippen LogP contribution in [0.5, 0.6) is 0 Å². The Hall–Kier alpha value is -1.92. The fraction of sp³-hybridized carbons (Fsp3) is 0.444. The lowest BCUT2D eigenvalue weighted by atomic mass is 10.2. The third-order valence-corrected chi connectivity index (χ3v) is 4.69. The standard InChI is InChI=1S/C18H22ClFN4O/c19-15-4-5-17(20)16(14-15)18(25)23-9-2-7-22(12-13-23)8-3-11-24-10-1-6-21-24/h1,4-6,10,14H,2-3,7-9,11-13H2. The maximum atomic E-state index is 13.9. The van der Waals surface area contributed by atoms with E-state index in [9.17, 15) is 9.18 Å². The summed E-state index contributed by atoms with van der Waals surface area (Å²) < 4.78 is 15.9. The van der Waals surface area contributed by atoms with Gasteiger partial charge in [-0.15, -0.1) is 0 Å². The molecule has 0 saturated carbocycles. The Kier molecular flexibility index (Phi) is 6.04. The topological polar surface area (TPSA) is 41.4 Å². The van der Waals surface area contributed by atoms with Crippen molar-refractivity contribution in [3.63, 3.8) is 0 Å². The minimum Gasteiger partial charge on any atom is -0.337 e. The fourth-order valence-corrected chi connectivity index (χ4v) is 3.29. The first-order valence-corrected chi connectivity index (χ1v) is 8.95. The number of halogens is 2. The molecule has 1 saturated heterocycles. The first kappa shape index (κ1) is 17.9. The molecule has 1 aliphatic heterocycles. The van der Waals surface area contributed by atoms with E-state index in [0.717, 1.165) is 39.0 Å². The van der Waals surface area contributed by atoms with E-state index in [4.69, 9.17) is 11.6 Å². The summed E-state index contributed by atoms with van der Waals surface area (Å²) in [6, 6.07) is 6.03. The molecule has 0 N–H and O–H groups in total. The smallest absolute Gasteiger partial charge is 0.256 e. The van der Waals surface area contributed by atoms with Gasteiger partial charge in [-0.2, -0.15) is 5.10 Å². The van der Waals surface area contributed by atoms with Crippen molar-refractivity contribution >= 4 is 17.5 Å². The van der Waals surface area contributed by atoms with Crippen LogP contribution in [0.15, 0.2) is 36.7 Å². The molecule has 1 aromatic carbocycles. The average molecular weight is 365 g/mol. The summed E-state index contributed by atoms with van der Waals surface area (Å²) in [5.41, 5.74) is 0.0552. The van der Waals surface area contributed by atoms with Gasteiger partial charge in [-0.25, -0.2) is 4.39 Å². The van der Waals surface area contributed by atoms with Gasteiger partial charge in [0.05, 0.1) is 5.56 Å². The highest BCUT2D eigenvalue weighted by Crippen LogP contribution is 2.18. The van der Waals surface area contributed by atoms with Crippen molar-refractivity contribution in [2.24, 2.45) is 0 Å². The fourth-order valence-electron chi connectivity index (χ4n) is 3.12. The van der Waals surface area contributed by atoms with Gasteiger partial charge in [0.1, 0.15) is 5.82 Å². The number of rotatable bonds is 5. The Morgan fingerprint density at radius 2 is 2.08 bits per heavy atom. The molecule has 7 heteroatoms. The monoisotopic (exact) mass is 364 g/mol. The normalized spacial score (nSPS) is 16.0. The average Bonchev–Trinajstić information content (AvgIpc) is 3.01. The Morgan fingerprint density at radius 1 is 1.20 bits per heavy atom. The molecule has 0 unspecified atom stereocenters. The van der Waals surface area contributed by atoms with Crippen LogP contribution in [0.3, 0.4) is 0 Å². The number of nitrogens with zero attached hydrogens (tertiary/aromatic N) is 4. The van der Waals surface area contributed by atoms with Crippen LogP contribution >= 0.6 is 11.6 Å². The molecule has 1 fully saturated rings. The van der Waals surface area contributed by atoms with Gasteiger partial charge in [-0.3, -0.25) is 9.48 Å². The summed E-state index contributed by atoms with van der Waals surface area (Å²) in [6.45, 7) is 4.84. The highest BCUT2D eigenvalue weighted by atomic mass is 35.5. The van der Waals surface area contributed by atoms with Crippen molar-refractivity contribution in [3.8, 4) is 0 Å². The molecule has 1 aromatic heterocycles. The van der Waals surface area contributed by atoms with E-state index in [-0.39, 0.29) is 11.5 Å². The first-order valence-electron chi connectivity index (χ1n) is 8.57. The second-order valence-electron chi connectivity index (χ2n) is 6.23. The van der Waals surface area contributed by atoms with Crippen LogP contribution in [-0.2, 0) is 6.54 Å². The van der Waals surface area contributed by atoms with Crippen molar-refractivity contribution in [3.05, 3.63) is 53.1 Å². The van der Waals surface area contributed by atoms with Gasteiger partial charge >= 0.3 is 0 Å². The Bertz CT molecular complexity index is 707. The number of hydrogen-bond acceptors (Lipinski definition) is 3. The van der Waals surface area contributed by atoms with Crippen molar-refractivity contribution in [2.75, 3.05) is 32.7 Å². The van der Waals surface area contributed by atoms with Crippen LogP contribution < -0.4 is 0 Å². The molecule has 0 bridgehead atoms. The molecule has 1 aliphatic rings. The zero-order valence-corrected chi connectivity index (χ0v) is 14.8. The summed E-state index contributed by atoms with van der Waals surface area (Å²) in [5.74, 6) is -0.798. The largest absolute Gasteiger partial charge is 0.337 e. The summed E-state index contributed by atoms with van der Waals surface area (Å²) >= 11 is 5.90. The highest BCUT2D eigenvalue weighted by Gasteiger charge is 2.22. The maximum absolute atomic E-state index is 13.9. The summed E-state index contributed by atoms with van der Waals surface area (Å²) in [6.07, 6.45) is 5.64. The Balaban J connectivity index is 1.52. The minimum absolute atomic E-state index is 0.0552. The molecule has 134 valence electrons. The second-order valence-corrected chi connectivity index (χ2v) is 6.67. The Labute approximate surface area is 152 Å². The lowest BCUT2D eigenvalue weighted by Crippen LogP contribution is -2.36. The van der Waals surface area contributed by atoms with Crippen LogP contribution in [0.25, 0.3) is 0 Å². The van der Waals surface area contributed by atoms with E-state index in [1.807, 2.05) is 16.9 Å². The third-order valence-electron chi connectivity index (χ3n) is 4.46. The number of aryl methyl sites for hydroxylation is 1.